The molecule has 0 spiro atoms. The Hall–Kier alpha value is -1.36. The van der Waals surface area contributed by atoms with Gasteiger partial charge >= 0.3 is 0 Å². The average Bonchev–Trinajstić information content (AvgIpc) is 2.24. The van der Waals surface area contributed by atoms with Gasteiger partial charge < -0.3 is 15.0 Å². The van der Waals surface area contributed by atoms with E-state index in [2.05, 4.69) is 27.1 Å². The zero-order valence-electron chi connectivity index (χ0n) is 9.81. The van der Waals surface area contributed by atoms with Gasteiger partial charge in [-0.05, 0) is 12.5 Å². The summed E-state index contributed by atoms with van der Waals surface area (Å²) in [5.74, 6) is 1.65. The maximum absolute atomic E-state index is 5.11. The summed E-state index contributed by atoms with van der Waals surface area (Å²) in [6, 6.07) is 2.29. The van der Waals surface area contributed by atoms with Gasteiger partial charge in [-0.3, -0.25) is 0 Å². The van der Waals surface area contributed by atoms with E-state index in [1.807, 2.05) is 13.1 Å². The molecule has 1 saturated heterocycles. The van der Waals surface area contributed by atoms with Gasteiger partial charge in [-0.2, -0.15) is 4.98 Å². The predicted octanol–water partition coefficient (Wildman–Crippen LogP) is 1.13. The normalized spacial score (nSPS) is 15.6. The number of anilines is 2. The minimum Gasteiger partial charge on any atom is -0.377 e. The molecule has 16 heavy (non-hydrogen) atoms. The topological polar surface area (TPSA) is 50.3 Å². The van der Waals surface area contributed by atoms with E-state index in [0.29, 0.717) is 6.04 Å². The Morgan fingerprint density at radius 2 is 2.38 bits per heavy atom. The molecule has 1 aromatic rings. The Labute approximate surface area is 95.8 Å². The number of nitrogens with one attached hydrogen (secondary N) is 1. The Bertz CT molecular complexity index is 341. The molecule has 0 aliphatic carbocycles. The minimum atomic E-state index is 0.402. The molecule has 88 valence electrons. The second-order valence-electron chi connectivity index (χ2n) is 4.04. The van der Waals surface area contributed by atoms with Crippen molar-refractivity contribution in [2.75, 3.05) is 37.0 Å². The van der Waals surface area contributed by atoms with Crippen LogP contribution in [0.4, 0.5) is 11.8 Å². The molecule has 0 atom stereocenters. The lowest BCUT2D eigenvalue weighted by Gasteiger charge is -2.27. The number of hydrogen-bond acceptors (Lipinski definition) is 5. The third-order valence-electron chi connectivity index (χ3n) is 2.53. The van der Waals surface area contributed by atoms with Crippen molar-refractivity contribution in [2.45, 2.75) is 19.4 Å². The van der Waals surface area contributed by atoms with Crippen LogP contribution in [0.2, 0.25) is 0 Å². The first-order chi connectivity index (χ1) is 7.79. The lowest BCUT2D eigenvalue weighted by molar-refractivity contribution is 0.0209. The summed E-state index contributed by atoms with van der Waals surface area (Å²) < 4.78 is 5.11. The summed E-state index contributed by atoms with van der Waals surface area (Å²) in [6.45, 7) is 4.65. The SMILES string of the molecule is CCCN(C)c1nccc(NC2COC2)n1. The first kappa shape index (κ1) is 11.1. The number of ether oxygens (including phenoxy) is 1. The lowest BCUT2D eigenvalue weighted by atomic mass is 10.2. The maximum Gasteiger partial charge on any atom is 0.226 e. The Morgan fingerprint density at radius 3 is 3.00 bits per heavy atom. The number of nitrogens with zero attached hydrogens (tertiary/aromatic N) is 3. The van der Waals surface area contributed by atoms with Crippen molar-refractivity contribution in [3.63, 3.8) is 0 Å². The molecule has 1 aromatic heterocycles. The molecular formula is C11H18N4O. The van der Waals surface area contributed by atoms with E-state index in [0.717, 1.165) is 37.9 Å². The van der Waals surface area contributed by atoms with Gasteiger partial charge in [0.25, 0.3) is 0 Å². The summed E-state index contributed by atoms with van der Waals surface area (Å²) in [5.41, 5.74) is 0. The van der Waals surface area contributed by atoms with Gasteiger partial charge in [0.2, 0.25) is 5.95 Å². The van der Waals surface area contributed by atoms with E-state index in [1.165, 1.54) is 0 Å². The van der Waals surface area contributed by atoms with E-state index in [9.17, 15) is 0 Å². The fraction of sp³-hybridized carbons (Fsp3) is 0.636. The minimum absolute atomic E-state index is 0.402. The zero-order chi connectivity index (χ0) is 11.4. The third-order valence-corrected chi connectivity index (χ3v) is 2.53. The fourth-order valence-electron chi connectivity index (χ4n) is 1.58. The highest BCUT2D eigenvalue weighted by Gasteiger charge is 2.18. The van der Waals surface area contributed by atoms with Gasteiger partial charge in [0.05, 0.1) is 19.3 Å². The highest BCUT2D eigenvalue weighted by Crippen LogP contribution is 2.13. The highest BCUT2D eigenvalue weighted by atomic mass is 16.5. The molecule has 2 rings (SSSR count). The first-order valence-corrected chi connectivity index (χ1v) is 5.68. The first-order valence-electron chi connectivity index (χ1n) is 5.68. The van der Waals surface area contributed by atoms with Crippen LogP contribution in [0.15, 0.2) is 12.3 Å². The van der Waals surface area contributed by atoms with Crippen molar-refractivity contribution >= 4 is 11.8 Å². The predicted molar refractivity (Wildman–Crippen MR) is 63.8 cm³/mol. The molecular weight excluding hydrogens is 204 g/mol. The lowest BCUT2D eigenvalue weighted by Crippen LogP contribution is -2.40. The quantitative estimate of drug-likeness (QED) is 0.809. The molecule has 0 saturated carbocycles. The summed E-state index contributed by atoms with van der Waals surface area (Å²) in [7, 11) is 2.01. The smallest absolute Gasteiger partial charge is 0.226 e. The van der Waals surface area contributed by atoms with Gasteiger partial charge in [0.1, 0.15) is 5.82 Å². The zero-order valence-corrected chi connectivity index (χ0v) is 9.81. The van der Waals surface area contributed by atoms with Crippen molar-refractivity contribution < 1.29 is 4.74 Å². The van der Waals surface area contributed by atoms with E-state index in [1.54, 1.807) is 6.20 Å². The van der Waals surface area contributed by atoms with E-state index in [-0.39, 0.29) is 0 Å². The van der Waals surface area contributed by atoms with Crippen LogP contribution in [0.25, 0.3) is 0 Å². The van der Waals surface area contributed by atoms with E-state index in [4.69, 9.17) is 4.74 Å². The van der Waals surface area contributed by atoms with Crippen molar-refractivity contribution in [3.05, 3.63) is 12.3 Å². The van der Waals surface area contributed by atoms with Crippen LogP contribution >= 0.6 is 0 Å². The number of aromatic nitrogens is 2. The van der Waals surface area contributed by atoms with Crippen LogP contribution in [0, 0.1) is 0 Å². The molecule has 1 N–H and O–H groups in total. The molecule has 0 bridgehead atoms. The summed E-state index contributed by atoms with van der Waals surface area (Å²) in [4.78, 5) is 10.8. The van der Waals surface area contributed by atoms with Crippen LogP contribution in [0.3, 0.4) is 0 Å². The molecule has 0 unspecified atom stereocenters. The van der Waals surface area contributed by atoms with Gasteiger partial charge in [-0.15, -0.1) is 0 Å². The van der Waals surface area contributed by atoms with Crippen LogP contribution in [-0.4, -0.2) is 42.8 Å². The molecule has 1 fully saturated rings. The van der Waals surface area contributed by atoms with Crippen LogP contribution in [-0.2, 0) is 4.74 Å². The number of hydrogen-bond donors (Lipinski definition) is 1. The fourth-order valence-corrected chi connectivity index (χ4v) is 1.58. The maximum atomic E-state index is 5.11. The largest absolute Gasteiger partial charge is 0.377 e. The number of rotatable bonds is 5. The molecule has 0 radical (unpaired) electrons. The third kappa shape index (κ3) is 2.61. The highest BCUT2D eigenvalue weighted by molar-refractivity contribution is 5.41. The molecule has 1 aliphatic rings. The standard InChI is InChI=1S/C11H18N4O/c1-3-6-15(2)11-12-5-4-10(14-11)13-9-7-16-8-9/h4-5,9H,3,6-8H2,1-2H3,(H,12,13,14). The van der Waals surface area contributed by atoms with E-state index < -0.39 is 0 Å². The van der Waals surface area contributed by atoms with Crippen LogP contribution < -0.4 is 10.2 Å². The molecule has 5 nitrogen and oxygen atoms in total. The summed E-state index contributed by atoms with van der Waals surface area (Å²) in [5, 5.41) is 3.31. The Balaban J connectivity index is 2.00. The van der Waals surface area contributed by atoms with Crippen molar-refractivity contribution in [1.82, 2.24) is 9.97 Å². The second kappa shape index (κ2) is 5.12. The molecule has 0 amide bonds. The van der Waals surface area contributed by atoms with Crippen LogP contribution in [0.1, 0.15) is 13.3 Å². The van der Waals surface area contributed by atoms with Gasteiger partial charge in [0.15, 0.2) is 0 Å². The van der Waals surface area contributed by atoms with Gasteiger partial charge in [-0.25, -0.2) is 4.98 Å². The van der Waals surface area contributed by atoms with Gasteiger partial charge in [0, 0.05) is 19.8 Å². The Morgan fingerprint density at radius 1 is 1.56 bits per heavy atom. The van der Waals surface area contributed by atoms with Gasteiger partial charge in [-0.1, -0.05) is 6.92 Å². The molecule has 2 heterocycles. The Kier molecular flexibility index (Phi) is 3.56. The summed E-state index contributed by atoms with van der Waals surface area (Å²) >= 11 is 0. The second-order valence-corrected chi connectivity index (χ2v) is 4.04. The van der Waals surface area contributed by atoms with Crippen molar-refractivity contribution in [1.29, 1.82) is 0 Å². The van der Waals surface area contributed by atoms with E-state index >= 15 is 0 Å². The van der Waals surface area contributed by atoms with Crippen LogP contribution in [0.5, 0.6) is 0 Å². The molecule has 1 aliphatic heterocycles. The average molecular weight is 222 g/mol. The molecule has 0 aromatic carbocycles. The summed E-state index contributed by atoms with van der Waals surface area (Å²) in [6.07, 6.45) is 2.88. The van der Waals surface area contributed by atoms with Crippen molar-refractivity contribution in [2.24, 2.45) is 0 Å². The molecule has 5 heteroatoms. The monoisotopic (exact) mass is 222 g/mol. The van der Waals surface area contributed by atoms with Crippen molar-refractivity contribution in [3.8, 4) is 0 Å².